The Balaban J connectivity index is 0. The van der Waals surface area contributed by atoms with Gasteiger partial charge in [-0.15, -0.1) is 0 Å². The summed E-state index contributed by atoms with van der Waals surface area (Å²) in [4.78, 5) is 0. The summed E-state index contributed by atoms with van der Waals surface area (Å²) in [5.41, 5.74) is 5.19. The molecule has 0 aliphatic carbocycles. The van der Waals surface area contributed by atoms with Gasteiger partial charge in [-0.25, -0.2) is 0 Å². The Morgan fingerprint density at radius 1 is 1.50 bits per heavy atom. The molecule has 0 amide bonds. The number of rotatable bonds is 4. The molecule has 0 saturated heterocycles. The number of ether oxygens (including phenoxy) is 1. The van der Waals surface area contributed by atoms with Crippen LogP contribution in [0.2, 0.25) is 0 Å². The van der Waals surface area contributed by atoms with E-state index in [4.69, 9.17) is 10.5 Å². The van der Waals surface area contributed by atoms with Gasteiger partial charge in [0, 0.05) is 13.2 Å². The van der Waals surface area contributed by atoms with Gasteiger partial charge in [0.25, 0.3) is 0 Å². The summed E-state index contributed by atoms with van der Waals surface area (Å²) in [7, 11) is 0. The van der Waals surface area contributed by atoms with Crippen molar-refractivity contribution in [2.45, 2.75) is 13.3 Å². The maximum Gasteiger partial charge on any atom is 0.0477 e. The molecule has 0 atom stereocenters. The first-order chi connectivity index (χ1) is 3.41. The van der Waals surface area contributed by atoms with Gasteiger partial charge in [0.2, 0.25) is 0 Å². The zero-order chi connectivity index (χ0) is 5.54. The highest BCUT2D eigenvalue weighted by molar-refractivity contribution is 4.32. The molecule has 0 aromatic rings. The number of hydrogen-bond donors (Lipinski definition) is 2. The van der Waals surface area contributed by atoms with Crippen LogP contribution in [0.5, 0.6) is 0 Å². The highest BCUT2D eigenvalue weighted by Gasteiger charge is 1.78. The van der Waals surface area contributed by atoms with Crippen LogP contribution in [0.4, 0.5) is 0 Å². The van der Waals surface area contributed by atoms with Gasteiger partial charge in [0.1, 0.15) is 0 Å². The van der Waals surface area contributed by atoms with E-state index in [-0.39, 0.29) is 6.15 Å². The molecular weight excluding hydrogens is 104 g/mol. The second-order valence-corrected chi connectivity index (χ2v) is 1.34. The van der Waals surface area contributed by atoms with Crippen molar-refractivity contribution in [2.24, 2.45) is 5.73 Å². The summed E-state index contributed by atoms with van der Waals surface area (Å²) in [6.07, 6.45) is 0.980. The molecule has 0 rings (SSSR count). The van der Waals surface area contributed by atoms with Crippen LogP contribution in [0.1, 0.15) is 13.3 Å². The van der Waals surface area contributed by atoms with Crippen molar-refractivity contribution >= 4 is 0 Å². The zero-order valence-corrected chi connectivity index (χ0v) is 5.52. The summed E-state index contributed by atoms with van der Waals surface area (Å²) in [5.74, 6) is 0. The van der Waals surface area contributed by atoms with E-state index < -0.39 is 0 Å². The van der Waals surface area contributed by atoms with Gasteiger partial charge >= 0.3 is 0 Å². The molecule has 0 unspecified atom stereocenters. The minimum Gasteiger partial charge on any atom is -0.382 e. The van der Waals surface area contributed by atoms with Crippen LogP contribution in [0, 0.1) is 0 Å². The van der Waals surface area contributed by atoms with Crippen LogP contribution in [0.25, 0.3) is 0 Å². The third-order valence-corrected chi connectivity index (χ3v) is 0.697. The fraction of sp³-hybridized carbons (Fsp3) is 1.00. The Morgan fingerprint density at radius 3 is 2.50 bits per heavy atom. The van der Waals surface area contributed by atoms with Crippen molar-refractivity contribution in [1.29, 1.82) is 0 Å². The van der Waals surface area contributed by atoms with Crippen LogP contribution < -0.4 is 11.9 Å². The summed E-state index contributed by atoms with van der Waals surface area (Å²) in [5, 5.41) is 0. The van der Waals surface area contributed by atoms with E-state index in [1.807, 2.05) is 6.92 Å². The van der Waals surface area contributed by atoms with E-state index in [0.29, 0.717) is 0 Å². The Kier molecular flexibility index (Phi) is 13.5. The smallest absolute Gasteiger partial charge is 0.0477 e. The first-order valence-electron chi connectivity index (χ1n) is 2.69. The molecule has 52 valence electrons. The highest BCUT2D eigenvalue weighted by Crippen LogP contribution is 1.75. The molecule has 0 aromatic carbocycles. The van der Waals surface area contributed by atoms with E-state index in [1.165, 1.54) is 0 Å². The minimum absolute atomic E-state index is 0. The molecule has 3 nitrogen and oxygen atoms in total. The number of nitrogens with two attached hydrogens (primary N) is 1. The maximum absolute atomic E-state index is 5.19. The Bertz CT molecular complexity index is 29.6. The SMILES string of the molecule is CCOCCCN.N. The quantitative estimate of drug-likeness (QED) is 0.532. The molecule has 5 N–H and O–H groups in total. The van der Waals surface area contributed by atoms with Gasteiger partial charge in [-0.2, -0.15) is 0 Å². The second kappa shape index (κ2) is 9.99. The minimum atomic E-state index is 0. The maximum atomic E-state index is 5.19. The van der Waals surface area contributed by atoms with Crippen LogP contribution in [0.15, 0.2) is 0 Å². The lowest BCUT2D eigenvalue weighted by Crippen LogP contribution is -2.03. The van der Waals surface area contributed by atoms with Crippen LogP contribution in [-0.4, -0.2) is 19.8 Å². The summed E-state index contributed by atoms with van der Waals surface area (Å²) in [6.45, 7) is 4.34. The van der Waals surface area contributed by atoms with Gasteiger partial charge in [-0.1, -0.05) is 0 Å². The fourth-order valence-electron chi connectivity index (χ4n) is 0.330. The third kappa shape index (κ3) is 9.30. The van der Waals surface area contributed by atoms with E-state index >= 15 is 0 Å². The average molecular weight is 120 g/mol. The highest BCUT2D eigenvalue weighted by atomic mass is 16.5. The largest absolute Gasteiger partial charge is 0.382 e. The van der Waals surface area contributed by atoms with Crippen molar-refractivity contribution in [2.75, 3.05) is 19.8 Å². The third-order valence-electron chi connectivity index (χ3n) is 0.697. The summed E-state index contributed by atoms with van der Waals surface area (Å²) >= 11 is 0. The molecule has 0 aliphatic heterocycles. The van der Waals surface area contributed by atoms with Crippen molar-refractivity contribution in [3.63, 3.8) is 0 Å². The molecule has 0 bridgehead atoms. The summed E-state index contributed by atoms with van der Waals surface area (Å²) < 4.78 is 4.99. The van der Waals surface area contributed by atoms with Gasteiger partial charge < -0.3 is 16.6 Å². The lowest BCUT2D eigenvalue weighted by atomic mass is 10.5. The van der Waals surface area contributed by atoms with Gasteiger partial charge in [0.15, 0.2) is 0 Å². The zero-order valence-electron chi connectivity index (χ0n) is 5.52. The molecule has 3 heteroatoms. The predicted molar refractivity (Wildman–Crippen MR) is 35.2 cm³/mol. The van der Waals surface area contributed by atoms with Crippen LogP contribution in [-0.2, 0) is 4.74 Å². The van der Waals surface area contributed by atoms with Gasteiger partial charge in [0.05, 0.1) is 0 Å². The first kappa shape index (κ1) is 10.8. The molecule has 0 fully saturated rings. The molecule has 0 aromatic heterocycles. The standard InChI is InChI=1S/C5H13NO.H3N/c1-2-7-5-3-4-6;/h2-6H2,1H3;1H3. The van der Waals surface area contributed by atoms with Gasteiger partial charge in [-0.05, 0) is 19.9 Å². The molecule has 0 radical (unpaired) electrons. The first-order valence-corrected chi connectivity index (χ1v) is 2.69. The molecule has 0 spiro atoms. The van der Waals surface area contributed by atoms with Gasteiger partial charge in [-0.3, -0.25) is 0 Å². The van der Waals surface area contributed by atoms with E-state index in [1.54, 1.807) is 0 Å². The Hall–Kier alpha value is -0.120. The molecule has 0 aliphatic rings. The normalized spacial score (nSPS) is 8.25. The second-order valence-electron chi connectivity index (χ2n) is 1.34. The van der Waals surface area contributed by atoms with Crippen molar-refractivity contribution in [1.82, 2.24) is 6.15 Å². The Morgan fingerprint density at radius 2 is 2.12 bits per heavy atom. The van der Waals surface area contributed by atoms with Crippen LogP contribution >= 0.6 is 0 Å². The fourth-order valence-corrected chi connectivity index (χ4v) is 0.330. The summed E-state index contributed by atoms with van der Waals surface area (Å²) in [6, 6.07) is 0. The average Bonchev–Trinajstić information content (AvgIpc) is 1.69. The molecule has 0 saturated carbocycles. The van der Waals surface area contributed by atoms with E-state index in [0.717, 1.165) is 26.2 Å². The van der Waals surface area contributed by atoms with E-state index in [2.05, 4.69) is 0 Å². The van der Waals surface area contributed by atoms with E-state index in [9.17, 15) is 0 Å². The monoisotopic (exact) mass is 120 g/mol. The lowest BCUT2D eigenvalue weighted by molar-refractivity contribution is 0.146. The lowest BCUT2D eigenvalue weighted by Gasteiger charge is -1.94. The molecule has 8 heavy (non-hydrogen) atoms. The topological polar surface area (TPSA) is 70.2 Å². The molecular formula is C5H16N2O. The van der Waals surface area contributed by atoms with Crippen molar-refractivity contribution in [3.8, 4) is 0 Å². The Labute approximate surface area is 50.8 Å². The van der Waals surface area contributed by atoms with Crippen LogP contribution in [0.3, 0.4) is 0 Å². The molecule has 0 heterocycles. The van der Waals surface area contributed by atoms with Crippen molar-refractivity contribution in [3.05, 3.63) is 0 Å². The number of hydrogen-bond acceptors (Lipinski definition) is 3. The van der Waals surface area contributed by atoms with Crippen molar-refractivity contribution < 1.29 is 4.74 Å². The predicted octanol–water partition coefficient (Wildman–Crippen LogP) is 0.534.